The van der Waals surface area contributed by atoms with E-state index in [4.69, 9.17) is 5.73 Å². The molecular formula is C17H33N3O. The first-order chi connectivity index (χ1) is 10.2. The van der Waals surface area contributed by atoms with Gasteiger partial charge in [-0.3, -0.25) is 9.69 Å². The van der Waals surface area contributed by atoms with Crippen LogP contribution in [0.25, 0.3) is 0 Å². The second-order valence-corrected chi connectivity index (χ2v) is 6.93. The Morgan fingerprint density at radius 3 is 2.81 bits per heavy atom. The Bertz CT molecular complexity index is 334. The maximum atomic E-state index is 12.6. The highest BCUT2D eigenvalue weighted by molar-refractivity contribution is 5.76. The fourth-order valence-corrected chi connectivity index (χ4v) is 3.96. The van der Waals surface area contributed by atoms with Gasteiger partial charge in [-0.05, 0) is 51.6 Å². The SMILES string of the molecule is CCC(CCN)CCC(=O)N1CC2CCCCN2CC1C. The average molecular weight is 295 g/mol. The van der Waals surface area contributed by atoms with Gasteiger partial charge in [0.1, 0.15) is 0 Å². The minimum absolute atomic E-state index is 0.364. The summed E-state index contributed by atoms with van der Waals surface area (Å²) in [6.45, 7) is 8.40. The average Bonchev–Trinajstić information content (AvgIpc) is 2.50. The molecule has 4 nitrogen and oxygen atoms in total. The molecule has 0 aromatic carbocycles. The molecule has 3 unspecified atom stereocenters. The van der Waals surface area contributed by atoms with E-state index in [0.29, 0.717) is 30.3 Å². The van der Waals surface area contributed by atoms with E-state index in [1.165, 1.54) is 25.8 Å². The molecule has 2 rings (SSSR count). The first-order valence-corrected chi connectivity index (χ1v) is 8.89. The second kappa shape index (κ2) is 8.14. The van der Waals surface area contributed by atoms with Crippen LogP contribution < -0.4 is 5.73 Å². The van der Waals surface area contributed by atoms with Gasteiger partial charge in [-0.15, -0.1) is 0 Å². The minimum atomic E-state index is 0.364. The Morgan fingerprint density at radius 1 is 1.29 bits per heavy atom. The van der Waals surface area contributed by atoms with Gasteiger partial charge in [0.2, 0.25) is 5.91 Å². The summed E-state index contributed by atoms with van der Waals surface area (Å²) in [6, 6.07) is 0.992. The normalized spacial score (nSPS) is 28.2. The number of carbonyl (C=O) groups excluding carboxylic acids is 1. The van der Waals surface area contributed by atoms with Crippen molar-refractivity contribution >= 4 is 5.91 Å². The zero-order chi connectivity index (χ0) is 15.2. The number of hydrogen-bond acceptors (Lipinski definition) is 3. The smallest absolute Gasteiger partial charge is 0.222 e. The highest BCUT2D eigenvalue weighted by Crippen LogP contribution is 2.25. The number of nitrogens with two attached hydrogens (primary N) is 1. The van der Waals surface area contributed by atoms with Gasteiger partial charge in [-0.25, -0.2) is 0 Å². The van der Waals surface area contributed by atoms with E-state index in [-0.39, 0.29) is 0 Å². The summed E-state index contributed by atoms with van der Waals surface area (Å²) in [7, 11) is 0. The molecule has 0 aliphatic carbocycles. The molecule has 0 spiro atoms. The molecule has 2 aliphatic rings. The van der Waals surface area contributed by atoms with Gasteiger partial charge in [-0.1, -0.05) is 19.8 Å². The molecule has 0 aromatic rings. The van der Waals surface area contributed by atoms with Crippen molar-refractivity contribution in [3.63, 3.8) is 0 Å². The van der Waals surface area contributed by atoms with Gasteiger partial charge in [0.05, 0.1) is 0 Å². The number of amides is 1. The molecule has 122 valence electrons. The monoisotopic (exact) mass is 295 g/mol. The van der Waals surface area contributed by atoms with Crippen LogP contribution in [0.2, 0.25) is 0 Å². The maximum Gasteiger partial charge on any atom is 0.222 e. The third-order valence-electron chi connectivity index (χ3n) is 5.43. The van der Waals surface area contributed by atoms with Crippen molar-refractivity contribution in [2.24, 2.45) is 11.7 Å². The number of piperazine rings is 1. The molecule has 0 saturated carbocycles. The molecule has 2 fully saturated rings. The van der Waals surface area contributed by atoms with E-state index in [1.807, 2.05) is 0 Å². The summed E-state index contributed by atoms with van der Waals surface area (Å²) in [5, 5.41) is 0. The second-order valence-electron chi connectivity index (χ2n) is 6.93. The Balaban J connectivity index is 1.83. The third kappa shape index (κ3) is 4.43. The van der Waals surface area contributed by atoms with Gasteiger partial charge >= 0.3 is 0 Å². The molecule has 2 saturated heterocycles. The lowest BCUT2D eigenvalue weighted by Gasteiger charge is -2.47. The summed E-state index contributed by atoms with van der Waals surface area (Å²) in [5.41, 5.74) is 5.65. The molecule has 2 heterocycles. The minimum Gasteiger partial charge on any atom is -0.337 e. The Hall–Kier alpha value is -0.610. The number of hydrogen-bond donors (Lipinski definition) is 1. The van der Waals surface area contributed by atoms with Gasteiger partial charge in [0, 0.05) is 31.6 Å². The quantitative estimate of drug-likeness (QED) is 0.817. The number of piperidine rings is 1. The highest BCUT2D eigenvalue weighted by Gasteiger charge is 2.34. The van der Waals surface area contributed by atoms with E-state index in [9.17, 15) is 4.79 Å². The summed E-state index contributed by atoms with van der Waals surface area (Å²) < 4.78 is 0. The van der Waals surface area contributed by atoms with E-state index in [1.54, 1.807) is 0 Å². The number of fused-ring (bicyclic) bond motifs is 1. The lowest BCUT2D eigenvalue weighted by Crippen LogP contribution is -2.60. The van der Waals surface area contributed by atoms with Crippen LogP contribution in [-0.2, 0) is 4.79 Å². The number of nitrogens with zero attached hydrogens (tertiary/aromatic N) is 2. The molecule has 0 aromatic heterocycles. The first-order valence-electron chi connectivity index (χ1n) is 8.89. The molecule has 21 heavy (non-hydrogen) atoms. The number of rotatable bonds is 6. The van der Waals surface area contributed by atoms with E-state index in [2.05, 4.69) is 23.6 Å². The van der Waals surface area contributed by atoms with Crippen LogP contribution in [0.15, 0.2) is 0 Å². The highest BCUT2D eigenvalue weighted by atomic mass is 16.2. The van der Waals surface area contributed by atoms with Crippen molar-refractivity contribution in [2.75, 3.05) is 26.2 Å². The predicted octanol–water partition coefficient (Wildman–Crippen LogP) is 2.23. The summed E-state index contributed by atoms with van der Waals surface area (Å²) in [4.78, 5) is 17.3. The summed E-state index contributed by atoms with van der Waals surface area (Å²) in [6.07, 6.45) is 7.81. The van der Waals surface area contributed by atoms with E-state index < -0.39 is 0 Å². The lowest BCUT2D eigenvalue weighted by atomic mass is 9.94. The van der Waals surface area contributed by atoms with Crippen LogP contribution in [0.1, 0.15) is 58.8 Å². The Morgan fingerprint density at radius 2 is 2.10 bits per heavy atom. The third-order valence-corrected chi connectivity index (χ3v) is 5.43. The van der Waals surface area contributed by atoms with Crippen molar-refractivity contribution in [3.8, 4) is 0 Å². The zero-order valence-corrected chi connectivity index (χ0v) is 13.9. The van der Waals surface area contributed by atoms with Crippen molar-refractivity contribution in [2.45, 2.75) is 70.9 Å². The van der Waals surface area contributed by atoms with Gasteiger partial charge in [-0.2, -0.15) is 0 Å². The largest absolute Gasteiger partial charge is 0.337 e. The van der Waals surface area contributed by atoms with Crippen molar-refractivity contribution in [3.05, 3.63) is 0 Å². The van der Waals surface area contributed by atoms with Crippen molar-refractivity contribution < 1.29 is 4.79 Å². The fourth-order valence-electron chi connectivity index (χ4n) is 3.96. The topological polar surface area (TPSA) is 49.6 Å². The molecule has 2 aliphatic heterocycles. The molecule has 2 N–H and O–H groups in total. The van der Waals surface area contributed by atoms with Crippen molar-refractivity contribution in [1.29, 1.82) is 0 Å². The summed E-state index contributed by atoms with van der Waals surface area (Å²) in [5.74, 6) is 0.980. The molecule has 4 heteroatoms. The molecule has 3 atom stereocenters. The fraction of sp³-hybridized carbons (Fsp3) is 0.941. The predicted molar refractivity (Wildman–Crippen MR) is 87.1 cm³/mol. The first kappa shape index (κ1) is 16.8. The van der Waals surface area contributed by atoms with Gasteiger partial charge < -0.3 is 10.6 Å². The van der Waals surface area contributed by atoms with E-state index in [0.717, 1.165) is 38.9 Å². The van der Waals surface area contributed by atoms with Crippen LogP contribution in [0.5, 0.6) is 0 Å². The molecular weight excluding hydrogens is 262 g/mol. The molecule has 0 radical (unpaired) electrons. The van der Waals surface area contributed by atoms with Crippen LogP contribution in [0.3, 0.4) is 0 Å². The van der Waals surface area contributed by atoms with Crippen molar-refractivity contribution in [1.82, 2.24) is 9.80 Å². The van der Waals surface area contributed by atoms with E-state index >= 15 is 0 Å². The Kier molecular flexibility index (Phi) is 6.49. The van der Waals surface area contributed by atoms with Crippen LogP contribution in [0.4, 0.5) is 0 Å². The van der Waals surface area contributed by atoms with Crippen LogP contribution >= 0.6 is 0 Å². The van der Waals surface area contributed by atoms with Gasteiger partial charge in [0.25, 0.3) is 0 Å². The maximum absolute atomic E-state index is 12.6. The zero-order valence-electron chi connectivity index (χ0n) is 13.9. The summed E-state index contributed by atoms with van der Waals surface area (Å²) >= 11 is 0. The van der Waals surface area contributed by atoms with Crippen LogP contribution in [0, 0.1) is 5.92 Å². The van der Waals surface area contributed by atoms with Gasteiger partial charge in [0.15, 0.2) is 0 Å². The molecule has 0 bridgehead atoms. The number of carbonyl (C=O) groups is 1. The standard InChI is InChI=1S/C17H33N3O/c1-3-15(9-10-18)7-8-17(21)20-13-16-6-4-5-11-19(16)12-14(20)2/h14-16H,3-13,18H2,1-2H3. The molecule has 1 amide bonds. The lowest BCUT2D eigenvalue weighted by molar-refractivity contribution is -0.138. The Labute approximate surface area is 130 Å². The van der Waals surface area contributed by atoms with Crippen LogP contribution in [-0.4, -0.2) is 54.0 Å².